The Hall–Kier alpha value is -0.830. The van der Waals surface area contributed by atoms with Gasteiger partial charge in [0.25, 0.3) is 0 Å². The van der Waals surface area contributed by atoms with Crippen LogP contribution in [0.25, 0.3) is 0 Å². The van der Waals surface area contributed by atoms with E-state index < -0.39 is 0 Å². The molecule has 1 heterocycles. The molecule has 0 aliphatic rings. The van der Waals surface area contributed by atoms with E-state index in [-0.39, 0.29) is 5.97 Å². The molecule has 2 nitrogen and oxygen atoms in total. The summed E-state index contributed by atoms with van der Waals surface area (Å²) in [5.41, 5.74) is 1.01. The highest BCUT2D eigenvalue weighted by Crippen LogP contribution is 2.24. The van der Waals surface area contributed by atoms with Crippen LogP contribution in [0, 0.1) is 6.92 Å². The van der Waals surface area contributed by atoms with Crippen LogP contribution in [0.4, 0.5) is 0 Å². The molecule has 0 spiro atoms. The van der Waals surface area contributed by atoms with Crippen LogP contribution in [0.3, 0.4) is 0 Å². The fourth-order valence-electron chi connectivity index (χ4n) is 0.594. The molecule has 54 valence electrons. The Balaban J connectivity index is 2.74. The molecular formula is C7H8O2S. The van der Waals surface area contributed by atoms with Crippen LogP contribution < -0.4 is 4.74 Å². The summed E-state index contributed by atoms with van der Waals surface area (Å²) in [5, 5.41) is 2.60. The zero-order chi connectivity index (χ0) is 7.56. The Bertz CT molecular complexity index is 240. The Morgan fingerprint density at radius 3 is 2.80 bits per heavy atom. The lowest BCUT2D eigenvalue weighted by Gasteiger charge is -1.96. The molecule has 0 aromatic carbocycles. The molecular weight excluding hydrogens is 148 g/mol. The Morgan fingerprint density at radius 2 is 2.40 bits per heavy atom. The zero-order valence-electron chi connectivity index (χ0n) is 5.88. The number of hydrogen-bond acceptors (Lipinski definition) is 3. The normalized spacial score (nSPS) is 9.40. The number of ether oxygens (including phenoxy) is 1. The first-order chi connectivity index (χ1) is 4.70. The van der Waals surface area contributed by atoms with Gasteiger partial charge in [-0.1, -0.05) is 0 Å². The van der Waals surface area contributed by atoms with E-state index in [4.69, 9.17) is 4.74 Å². The summed E-state index contributed by atoms with van der Waals surface area (Å²) in [6.45, 7) is 3.31. The molecule has 0 saturated carbocycles. The van der Waals surface area contributed by atoms with Crippen molar-refractivity contribution < 1.29 is 9.53 Å². The number of thiophene rings is 1. The summed E-state index contributed by atoms with van der Waals surface area (Å²) in [7, 11) is 0. The molecule has 0 radical (unpaired) electrons. The van der Waals surface area contributed by atoms with Crippen molar-refractivity contribution >= 4 is 17.3 Å². The molecule has 0 unspecified atom stereocenters. The van der Waals surface area contributed by atoms with Crippen LogP contribution in [0.1, 0.15) is 12.5 Å². The van der Waals surface area contributed by atoms with Gasteiger partial charge in [-0.25, -0.2) is 0 Å². The lowest BCUT2D eigenvalue weighted by molar-refractivity contribution is -0.131. The summed E-state index contributed by atoms with van der Waals surface area (Å²) in [6.07, 6.45) is 0. The monoisotopic (exact) mass is 156 g/mol. The molecule has 10 heavy (non-hydrogen) atoms. The van der Waals surface area contributed by atoms with Crippen LogP contribution in [-0.2, 0) is 4.79 Å². The van der Waals surface area contributed by atoms with Gasteiger partial charge in [-0.2, -0.15) is 0 Å². The van der Waals surface area contributed by atoms with Gasteiger partial charge in [-0.3, -0.25) is 4.79 Å². The molecule has 3 heteroatoms. The second-order valence-electron chi connectivity index (χ2n) is 1.98. The maximum absolute atomic E-state index is 10.4. The van der Waals surface area contributed by atoms with Crippen molar-refractivity contribution in [3.05, 3.63) is 17.0 Å². The van der Waals surface area contributed by atoms with Gasteiger partial charge >= 0.3 is 5.97 Å². The lowest BCUT2D eigenvalue weighted by atomic mass is 10.4. The van der Waals surface area contributed by atoms with Gasteiger partial charge in [0.15, 0.2) is 5.06 Å². The van der Waals surface area contributed by atoms with Crippen molar-refractivity contribution in [3.63, 3.8) is 0 Å². The first-order valence-corrected chi connectivity index (χ1v) is 3.80. The van der Waals surface area contributed by atoms with Gasteiger partial charge in [0, 0.05) is 12.5 Å². The van der Waals surface area contributed by atoms with Gasteiger partial charge < -0.3 is 4.74 Å². The van der Waals surface area contributed by atoms with Crippen LogP contribution in [0.2, 0.25) is 0 Å². The smallest absolute Gasteiger partial charge is 0.308 e. The minimum atomic E-state index is -0.259. The number of rotatable bonds is 1. The summed E-state index contributed by atoms with van der Waals surface area (Å²) in [6, 6.07) is 1.92. The van der Waals surface area contributed by atoms with E-state index in [1.807, 2.05) is 18.4 Å². The van der Waals surface area contributed by atoms with E-state index in [9.17, 15) is 4.79 Å². The fraction of sp³-hybridized carbons (Fsp3) is 0.286. The number of hydrogen-bond donors (Lipinski definition) is 0. The minimum Gasteiger partial charge on any atom is -0.415 e. The summed E-state index contributed by atoms with van der Waals surface area (Å²) >= 11 is 1.43. The molecule has 0 amide bonds. The van der Waals surface area contributed by atoms with Gasteiger partial charge in [0.1, 0.15) is 0 Å². The predicted octanol–water partition coefficient (Wildman–Crippen LogP) is 1.98. The van der Waals surface area contributed by atoms with Gasteiger partial charge in [0.2, 0.25) is 0 Å². The standard InChI is InChI=1S/C7H8O2S/c1-5-3-4-10-7(5)9-6(2)8/h3-4H,1-2H3. The molecule has 1 rings (SSSR count). The molecule has 0 fully saturated rings. The van der Waals surface area contributed by atoms with E-state index in [2.05, 4.69) is 0 Å². The number of carbonyl (C=O) groups excluding carboxylic acids is 1. The average Bonchev–Trinajstić information content (AvgIpc) is 2.15. The third-order valence-electron chi connectivity index (χ3n) is 1.05. The molecule has 1 aromatic heterocycles. The van der Waals surface area contributed by atoms with Crippen molar-refractivity contribution in [2.24, 2.45) is 0 Å². The molecule has 0 aliphatic heterocycles. The van der Waals surface area contributed by atoms with Gasteiger partial charge in [-0.05, 0) is 18.4 Å². The second-order valence-corrected chi connectivity index (χ2v) is 2.86. The van der Waals surface area contributed by atoms with Gasteiger partial charge in [0.05, 0.1) is 0 Å². The van der Waals surface area contributed by atoms with Crippen LogP contribution in [0.5, 0.6) is 5.06 Å². The highest BCUT2D eigenvalue weighted by Gasteiger charge is 2.01. The van der Waals surface area contributed by atoms with Crippen LogP contribution in [-0.4, -0.2) is 5.97 Å². The highest BCUT2D eigenvalue weighted by atomic mass is 32.1. The molecule has 0 aliphatic carbocycles. The topological polar surface area (TPSA) is 26.3 Å². The quantitative estimate of drug-likeness (QED) is 0.581. The first-order valence-electron chi connectivity index (χ1n) is 2.92. The van der Waals surface area contributed by atoms with E-state index in [1.54, 1.807) is 0 Å². The molecule has 0 atom stereocenters. The molecule has 0 bridgehead atoms. The Morgan fingerprint density at radius 1 is 1.70 bits per heavy atom. The highest BCUT2D eigenvalue weighted by molar-refractivity contribution is 7.12. The maximum atomic E-state index is 10.4. The largest absolute Gasteiger partial charge is 0.415 e. The Kier molecular flexibility index (Phi) is 2.06. The molecule has 1 aromatic rings. The maximum Gasteiger partial charge on any atom is 0.308 e. The zero-order valence-corrected chi connectivity index (χ0v) is 6.70. The SMILES string of the molecule is CC(=O)Oc1sccc1C. The minimum absolute atomic E-state index is 0.259. The molecule has 0 N–H and O–H groups in total. The van der Waals surface area contributed by atoms with Crippen molar-refractivity contribution in [1.29, 1.82) is 0 Å². The lowest BCUT2D eigenvalue weighted by Crippen LogP contribution is -2.00. The fourth-order valence-corrected chi connectivity index (χ4v) is 1.41. The number of esters is 1. The summed E-state index contributed by atoms with van der Waals surface area (Å²) in [4.78, 5) is 10.4. The number of carbonyl (C=O) groups is 1. The van der Waals surface area contributed by atoms with E-state index in [0.717, 1.165) is 5.56 Å². The van der Waals surface area contributed by atoms with Crippen molar-refractivity contribution in [2.75, 3.05) is 0 Å². The van der Waals surface area contributed by atoms with Crippen LogP contribution >= 0.6 is 11.3 Å². The van der Waals surface area contributed by atoms with E-state index in [0.29, 0.717) is 5.06 Å². The second kappa shape index (κ2) is 2.84. The summed E-state index contributed by atoms with van der Waals surface area (Å²) in [5.74, 6) is -0.259. The van der Waals surface area contributed by atoms with E-state index >= 15 is 0 Å². The molecule has 0 saturated heterocycles. The van der Waals surface area contributed by atoms with Crippen molar-refractivity contribution in [1.82, 2.24) is 0 Å². The number of aryl methyl sites for hydroxylation is 1. The first kappa shape index (κ1) is 7.28. The summed E-state index contributed by atoms with van der Waals surface area (Å²) < 4.78 is 4.86. The average molecular weight is 156 g/mol. The third kappa shape index (κ3) is 1.57. The third-order valence-corrected chi connectivity index (χ3v) is 1.94. The van der Waals surface area contributed by atoms with Crippen LogP contribution in [0.15, 0.2) is 11.4 Å². The Labute approximate surface area is 63.4 Å². The predicted molar refractivity (Wildman–Crippen MR) is 40.4 cm³/mol. The van der Waals surface area contributed by atoms with Crippen molar-refractivity contribution in [3.8, 4) is 5.06 Å². The van der Waals surface area contributed by atoms with E-state index in [1.165, 1.54) is 18.3 Å². The van der Waals surface area contributed by atoms with Crippen molar-refractivity contribution in [2.45, 2.75) is 13.8 Å². The van der Waals surface area contributed by atoms with Gasteiger partial charge in [-0.15, -0.1) is 11.3 Å².